The Balaban J connectivity index is 2.45. The molecule has 0 atom stereocenters. The number of anilines is 2. The van der Waals surface area contributed by atoms with Crippen molar-refractivity contribution >= 4 is 23.6 Å². The molecule has 0 aliphatic carbocycles. The molecule has 0 heterocycles. The first-order valence-electron chi connectivity index (χ1n) is 6.18. The topological polar surface area (TPSA) is 41.1 Å². The third-order valence-corrected chi connectivity index (χ3v) is 3.06. The summed E-state index contributed by atoms with van der Waals surface area (Å²) in [6.45, 7) is 10.3. The van der Waals surface area contributed by atoms with Crippen LogP contribution in [0.3, 0.4) is 0 Å². The standard InChI is InChI=1S/C13H22N2OS/c1-5-14-9-10(12(17)11(9)16)15-8-6-7-13(2,3)4/h14-15H,5-8H2,1-4H3. The highest BCUT2D eigenvalue weighted by molar-refractivity contribution is 7.71. The molecule has 0 amide bonds. The summed E-state index contributed by atoms with van der Waals surface area (Å²) in [7, 11) is 0. The lowest BCUT2D eigenvalue weighted by atomic mass is 9.90. The average Bonchev–Trinajstić information content (AvgIpc) is 2.25. The molecule has 96 valence electrons. The maximum atomic E-state index is 11.5. The first-order chi connectivity index (χ1) is 7.87. The maximum Gasteiger partial charge on any atom is 0.223 e. The third kappa shape index (κ3) is 3.80. The van der Waals surface area contributed by atoms with Gasteiger partial charge in [-0.15, -0.1) is 0 Å². The lowest BCUT2D eigenvalue weighted by Gasteiger charge is -2.19. The Kier molecular flexibility index (Phi) is 4.69. The second-order valence-electron chi connectivity index (χ2n) is 5.53. The van der Waals surface area contributed by atoms with Gasteiger partial charge in [0.1, 0.15) is 10.2 Å². The van der Waals surface area contributed by atoms with Crippen molar-refractivity contribution in [3.63, 3.8) is 0 Å². The van der Waals surface area contributed by atoms with Crippen LogP contribution in [0.15, 0.2) is 4.79 Å². The molecule has 1 rings (SSSR count). The van der Waals surface area contributed by atoms with Crippen molar-refractivity contribution < 1.29 is 0 Å². The summed E-state index contributed by atoms with van der Waals surface area (Å²) >= 11 is 5.03. The van der Waals surface area contributed by atoms with Crippen LogP contribution in [0.4, 0.5) is 11.4 Å². The van der Waals surface area contributed by atoms with E-state index in [0.29, 0.717) is 15.6 Å². The fourth-order valence-electron chi connectivity index (χ4n) is 1.74. The van der Waals surface area contributed by atoms with Crippen LogP contribution in [0.2, 0.25) is 0 Å². The zero-order chi connectivity index (χ0) is 13.1. The van der Waals surface area contributed by atoms with Crippen molar-refractivity contribution in [3.8, 4) is 0 Å². The predicted molar refractivity (Wildman–Crippen MR) is 77.3 cm³/mol. The Labute approximate surface area is 108 Å². The molecule has 0 unspecified atom stereocenters. The third-order valence-electron chi connectivity index (χ3n) is 2.67. The second kappa shape index (κ2) is 5.63. The zero-order valence-corrected chi connectivity index (χ0v) is 12.0. The Hall–Kier alpha value is -0.900. The van der Waals surface area contributed by atoms with Crippen molar-refractivity contribution in [1.29, 1.82) is 0 Å². The SMILES string of the molecule is CCNc1c(NCCCC(C)(C)C)c(=S)c1=O. The van der Waals surface area contributed by atoms with Gasteiger partial charge in [0.2, 0.25) is 5.43 Å². The summed E-state index contributed by atoms with van der Waals surface area (Å²) in [5.74, 6) is 0. The van der Waals surface area contributed by atoms with Crippen LogP contribution in [0.25, 0.3) is 0 Å². The van der Waals surface area contributed by atoms with Gasteiger partial charge in [0, 0.05) is 13.1 Å². The molecule has 0 saturated heterocycles. The summed E-state index contributed by atoms with van der Waals surface area (Å²) in [4.78, 5) is 11.5. The van der Waals surface area contributed by atoms with E-state index in [0.717, 1.165) is 31.6 Å². The van der Waals surface area contributed by atoms with Crippen LogP contribution < -0.4 is 16.1 Å². The minimum absolute atomic E-state index is 0.0276. The van der Waals surface area contributed by atoms with E-state index < -0.39 is 0 Å². The van der Waals surface area contributed by atoms with Crippen LogP contribution in [-0.4, -0.2) is 13.1 Å². The lowest BCUT2D eigenvalue weighted by Crippen LogP contribution is -2.22. The van der Waals surface area contributed by atoms with Gasteiger partial charge in [-0.3, -0.25) is 4.79 Å². The average molecular weight is 254 g/mol. The van der Waals surface area contributed by atoms with Gasteiger partial charge in [-0.2, -0.15) is 0 Å². The molecular weight excluding hydrogens is 232 g/mol. The number of hydrogen-bond acceptors (Lipinski definition) is 4. The van der Waals surface area contributed by atoms with Crippen molar-refractivity contribution in [2.45, 2.75) is 40.5 Å². The molecule has 0 radical (unpaired) electrons. The molecule has 0 aliphatic heterocycles. The Bertz CT molecular complexity index is 439. The molecule has 0 spiro atoms. The molecular formula is C13H22N2OS. The van der Waals surface area contributed by atoms with E-state index >= 15 is 0 Å². The van der Waals surface area contributed by atoms with Gasteiger partial charge >= 0.3 is 0 Å². The molecule has 0 fully saturated rings. The van der Waals surface area contributed by atoms with E-state index in [1.807, 2.05) is 6.92 Å². The maximum absolute atomic E-state index is 11.5. The van der Waals surface area contributed by atoms with Gasteiger partial charge < -0.3 is 10.6 Å². The molecule has 2 N–H and O–H groups in total. The Morgan fingerprint density at radius 1 is 1.18 bits per heavy atom. The summed E-state index contributed by atoms with van der Waals surface area (Å²) in [6, 6.07) is 0. The quantitative estimate of drug-likeness (QED) is 0.603. The van der Waals surface area contributed by atoms with Crippen molar-refractivity contribution in [2.75, 3.05) is 23.7 Å². The fraction of sp³-hybridized carbons (Fsp3) is 0.692. The Morgan fingerprint density at radius 3 is 2.35 bits per heavy atom. The Morgan fingerprint density at radius 2 is 1.82 bits per heavy atom. The monoisotopic (exact) mass is 254 g/mol. The molecule has 4 heteroatoms. The van der Waals surface area contributed by atoms with Gasteiger partial charge in [0.05, 0.1) is 5.69 Å². The molecule has 0 aromatic heterocycles. The second-order valence-corrected chi connectivity index (χ2v) is 5.94. The van der Waals surface area contributed by atoms with Crippen molar-refractivity contribution in [3.05, 3.63) is 14.7 Å². The first kappa shape index (κ1) is 14.2. The molecule has 1 aromatic carbocycles. The molecule has 1 aromatic rings. The lowest BCUT2D eigenvalue weighted by molar-refractivity contribution is 0.370. The van der Waals surface area contributed by atoms with E-state index in [4.69, 9.17) is 12.2 Å². The van der Waals surface area contributed by atoms with Gasteiger partial charge in [0.15, 0.2) is 0 Å². The summed E-state index contributed by atoms with van der Waals surface area (Å²) < 4.78 is 0.441. The van der Waals surface area contributed by atoms with Crippen LogP contribution in [0.5, 0.6) is 0 Å². The highest BCUT2D eigenvalue weighted by Gasteiger charge is 2.16. The highest BCUT2D eigenvalue weighted by Crippen LogP contribution is 2.24. The minimum atomic E-state index is -0.0276. The van der Waals surface area contributed by atoms with Gasteiger partial charge in [0.25, 0.3) is 0 Å². The number of hydrogen-bond donors (Lipinski definition) is 2. The normalized spacial score (nSPS) is 11.8. The predicted octanol–water partition coefficient (Wildman–Crippen LogP) is 3.32. The van der Waals surface area contributed by atoms with Crippen LogP contribution in [0.1, 0.15) is 40.5 Å². The van der Waals surface area contributed by atoms with E-state index in [1.54, 1.807) is 0 Å². The molecule has 0 saturated carbocycles. The fourth-order valence-corrected chi connectivity index (χ4v) is 2.01. The van der Waals surface area contributed by atoms with E-state index in [9.17, 15) is 4.79 Å². The van der Waals surface area contributed by atoms with Gasteiger partial charge in [-0.25, -0.2) is 0 Å². The van der Waals surface area contributed by atoms with E-state index in [-0.39, 0.29) is 5.43 Å². The van der Waals surface area contributed by atoms with Crippen LogP contribution >= 0.6 is 12.2 Å². The molecule has 17 heavy (non-hydrogen) atoms. The van der Waals surface area contributed by atoms with Crippen LogP contribution in [0, 0.1) is 9.93 Å². The van der Waals surface area contributed by atoms with Crippen molar-refractivity contribution in [1.82, 2.24) is 0 Å². The zero-order valence-electron chi connectivity index (χ0n) is 11.1. The van der Waals surface area contributed by atoms with Crippen LogP contribution in [-0.2, 0) is 0 Å². The van der Waals surface area contributed by atoms with Gasteiger partial charge in [-0.05, 0) is 25.2 Å². The summed E-state index contributed by atoms with van der Waals surface area (Å²) in [5, 5.41) is 6.31. The first-order valence-corrected chi connectivity index (χ1v) is 6.58. The van der Waals surface area contributed by atoms with Crippen molar-refractivity contribution in [2.24, 2.45) is 5.41 Å². The number of rotatable bonds is 6. The molecule has 0 bridgehead atoms. The smallest absolute Gasteiger partial charge is 0.223 e. The number of nitrogens with one attached hydrogen (secondary N) is 2. The summed E-state index contributed by atoms with van der Waals surface area (Å²) in [6.07, 6.45) is 2.24. The minimum Gasteiger partial charge on any atom is -0.382 e. The molecule has 0 aliphatic rings. The highest BCUT2D eigenvalue weighted by atomic mass is 32.1. The largest absolute Gasteiger partial charge is 0.382 e. The van der Waals surface area contributed by atoms with E-state index in [1.165, 1.54) is 0 Å². The molecule has 3 nitrogen and oxygen atoms in total. The summed E-state index contributed by atoms with van der Waals surface area (Å²) in [5.41, 5.74) is 1.82. The van der Waals surface area contributed by atoms with E-state index in [2.05, 4.69) is 31.4 Å². The van der Waals surface area contributed by atoms with Gasteiger partial charge in [-0.1, -0.05) is 33.0 Å².